The molecule has 206 valence electrons. The molecule has 1 N–H and O–H groups in total. The van der Waals surface area contributed by atoms with Gasteiger partial charge in [0, 0.05) is 27.7 Å². The van der Waals surface area contributed by atoms with Crippen LogP contribution in [-0.4, -0.2) is 59.0 Å². The molecular formula is C30H34N2O6S. The van der Waals surface area contributed by atoms with Crippen LogP contribution in [0, 0.1) is 0 Å². The Morgan fingerprint density at radius 1 is 1.15 bits per heavy atom. The van der Waals surface area contributed by atoms with Crippen LogP contribution >= 0.6 is 11.8 Å². The van der Waals surface area contributed by atoms with Crippen molar-refractivity contribution in [2.75, 3.05) is 20.2 Å². The maximum absolute atomic E-state index is 13.0. The van der Waals surface area contributed by atoms with Crippen molar-refractivity contribution in [3.63, 3.8) is 0 Å². The molecule has 3 aromatic rings. The number of fused-ring (bicyclic) bond motifs is 1. The summed E-state index contributed by atoms with van der Waals surface area (Å²) in [6, 6.07) is 16.9. The quantitative estimate of drug-likeness (QED) is 0.358. The Bertz CT molecular complexity index is 1290. The van der Waals surface area contributed by atoms with Crippen LogP contribution < -0.4 is 4.74 Å². The molecule has 2 atom stereocenters. The van der Waals surface area contributed by atoms with Crippen molar-refractivity contribution in [3.05, 3.63) is 83.7 Å². The SMILES string of the molecule is COC(=O)c1cccc(Sc2ccc3c(c2)CC[C@H](CN(C[C@@H](O)c2cccnc2)C(=O)OC(C)(C)C)O3)c1. The van der Waals surface area contributed by atoms with Crippen molar-refractivity contribution in [2.45, 2.75) is 61.2 Å². The summed E-state index contributed by atoms with van der Waals surface area (Å²) in [5.41, 5.74) is 1.55. The number of ether oxygens (including phenoxy) is 3. The summed E-state index contributed by atoms with van der Waals surface area (Å²) < 4.78 is 16.7. The number of hydrogen-bond acceptors (Lipinski definition) is 8. The van der Waals surface area contributed by atoms with Crippen LogP contribution in [0.5, 0.6) is 5.75 Å². The summed E-state index contributed by atoms with van der Waals surface area (Å²) in [5, 5.41) is 10.8. The number of rotatable bonds is 8. The van der Waals surface area contributed by atoms with E-state index in [2.05, 4.69) is 11.1 Å². The first kappa shape index (κ1) is 28.4. The first-order chi connectivity index (χ1) is 18.6. The van der Waals surface area contributed by atoms with Crippen molar-refractivity contribution in [1.82, 2.24) is 9.88 Å². The van der Waals surface area contributed by atoms with Gasteiger partial charge in [-0.05, 0) is 81.6 Å². The summed E-state index contributed by atoms with van der Waals surface area (Å²) in [5.74, 6) is 0.409. The average molecular weight is 551 g/mol. The number of carbonyl (C=O) groups excluding carboxylic acids is 2. The molecule has 2 aromatic carbocycles. The number of aliphatic hydroxyl groups excluding tert-OH is 1. The third-order valence-electron chi connectivity index (χ3n) is 6.09. The molecule has 0 unspecified atom stereocenters. The van der Waals surface area contributed by atoms with Crippen LogP contribution in [-0.2, 0) is 15.9 Å². The number of aliphatic hydroxyl groups is 1. The standard InChI is InChI=1S/C30H34N2O6S/c1-30(2,3)38-29(35)32(19-26(33)22-8-6-14-31-17-22)18-23-11-10-20-15-25(12-13-27(20)37-23)39-24-9-5-7-21(16-24)28(34)36-4/h5-9,12-17,23,26,33H,10-11,18-19H2,1-4H3/t23-,26-/m1/s1. The molecule has 0 saturated heterocycles. The molecule has 39 heavy (non-hydrogen) atoms. The van der Waals surface area contributed by atoms with Gasteiger partial charge in [0.15, 0.2) is 0 Å². The van der Waals surface area contributed by atoms with Crippen molar-refractivity contribution >= 4 is 23.8 Å². The van der Waals surface area contributed by atoms with E-state index >= 15 is 0 Å². The van der Waals surface area contributed by atoms with Gasteiger partial charge in [0.25, 0.3) is 0 Å². The Kier molecular flexibility index (Phi) is 9.14. The van der Waals surface area contributed by atoms with Crippen molar-refractivity contribution in [3.8, 4) is 5.75 Å². The normalized spacial score (nSPS) is 15.5. The van der Waals surface area contributed by atoms with Crippen LogP contribution in [0.4, 0.5) is 4.79 Å². The maximum atomic E-state index is 13.0. The second-order valence-corrected chi connectivity index (χ2v) is 11.5. The summed E-state index contributed by atoms with van der Waals surface area (Å²) >= 11 is 1.56. The minimum atomic E-state index is -0.903. The Balaban J connectivity index is 1.44. The molecule has 1 aromatic heterocycles. The highest BCUT2D eigenvalue weighted by Crippen LogP contribution is 2.35. The zero-order chi connectivity index (χ0) is 28.0. The number of carbonyl (C=O) groups is 2. The van der Waals surface area contributed by atoms with Gasteiger partial charge in [-0.2, -0.15) is 0 Å². The Morgan fingerprint density at radius 2 is 1.95 bits per heavy atom. The van der Waals surface area contributed by atoms with Gasteiger partial charge in [-0.25, -0.2) is 9.59 Å². The fourth-order valence-corrected chi connectivity index (χ4v) is 5.18. The number of aryl methyl sites for hydroxylation is 1. The van der Waals surface area contributed by atoms with E-state index in [1.807, 2.05) is 51.1 Å². The molecule has 0 fully saturated rings. The highest BCUT2D eigenvalue weighted by Gasteiger charge is 2.29. The van der Waals surface area contributed by atoms with Crippen molar-refractivity contribution in [1.29, 1.82) is 0 Å². The molecule has 1 aliphatic heterocycles. The second kappa shape index (κ2) is 12.5. The van der Waals surface area contributed by atoms with E-state index in [0.29, 0.717) is 17.5 Å². The second-order valence-electron chi connectivity index (χ2n) is 10.4. The Morgan fingerprint density at radius 3 is 2.67 bits per heavy atom. The number of hydrogen-bond donors (Lipinski definition) is 1. The van der Waals surface area contributed by atoms with Crippen LogP contribution in [0.15, 0.2) is 76.8 Å². The molecule has 4 rings (SSSR count). The third-order valence-corrected chi connectivity index (χ3v) is 7.07. The van der Waals surface area contributed by atoms with Crippen molar-refractivity contribution in [2.24, 2.45) is 0 Å². The highest BCUT2D eigenvalue weighted by molar-refractivity contribution is 7.99. The zero-order valence-corrected chi connectivity index (χ0v) is 23.4. The van der Waals surface area contributed by atoms with E-state index in [9.17, 15) is 14.7 Å². The van der Waals surface area contributed by atoms with Crippen LogP contribution in [0.1, 0.15) is 54.8 Å². The van der Waals surface area contributed by atoms with Gasteiger partial charge in [-0.3, -0.25) is 4.98 Å². The van der Waals surface area contributed by atoms with Crippen LogP contribution in [0.2, 0.25) is 0 Å². The fourth-order valence-electron chi connectivity index (χ4n) is 4.24. The first-order valence-electron chi connectivity index (χ1n) is 12.8. The van der Waals surface area contributed by atoms with Gasteiger partial charge in [0.1, 0.15) is 17.5 Å². The molecule has 2 heterocycles. The van der Waals surface area contributed by atoms with E-state index in [1.54, 1.807) is 42.4 Å². The molecule has 1 aliphatic rings. The highest BCUT2D eigenvalue weighted by atomic mass is 32.2. The lowest BCUT2D eigenvalue weighted by Gasteiger charge is -2.33. The van der Waals surface area contributed by atoms with Gasteiger partial charge in [-0.1, -0.05) is 23.9 Å². The van der Waals surface area contributed by atoms with Crippen molar-refractivity contribution < 1.29 is 28.9 Å². The molecule has 0 saturated carbocycles. The number of amides is 1. The smallest absolute Gasteiger partial charge is 0.410 e. The summed E-state index contributed by atoms with van der Waals surface area (Å²) in [7, 11) is 1.37. The number of esters is 1. The number of nitrogens with zero attached hydrogens (tertiary/aromatic N) is 2. The Hall–Kier alpha value is -3.56. The van der Waals surface area contributed by atoms with Gasteiger partial charge in [-0.15, -0.1) is 0 Å². The van der Waals surface area contributed by atoms with Crippen LogP contribution in [0.3, 0.4) is 0 Å². The van der Waals surface area contributed by atoms with Crippen LogP contribution in [0.25, 0.3) is 0 Å². The predicted molar refractivity (Wildman–Crippen MR) is 148 cm³/mol. The maximum Gasteiger partial charge on any atom is 0.410 e. The molecule has 0 bridgehead atoms. The largest absolute Gasteiger partial charge is 0.488 e. The number of pyridine rings is 1. The number of aromatic nitrogens is 1. The lowest BCUT2D eigenvalue weighted by Crippen LogP contribution is -2.45. The lowest BCUT2D eigenvalue weighted by molar-refractivity contribution is 0.00363. The summed E-state index contributed by atoms with van der Waals surface area (Å²) in [6.07, 6.45) is 3.07. The zero-order valence-electron chi connectivity index (χ0n) is 22.6. The molecule has 0 aliphatic carbocycles. The van der Waals surface area contributed by atoms with Gasteiger partial charge in [0.05, 0.1) is 31.9 Å². The van der Waals surface area contributed by atoms with E-state index in [1.165, 1.54) is 12.0 Å². The summed E-state index contributed by atoms with van der Waals surface area (Å²) in [4.78, 5) is 32.4. The monoisotopic (exact) mass is 550 g/mol. The molecule has 8 nitrogen and oxygen atoms in total. The average Bonchev–Trinajstić information content (AvgIpc) is 2.92. The fraction of sp³-hybridized carbons (Fsp3) is 0.367. The number of methoxy groups -OCH3 is 1. The molecule has 0 radical (unpaired) electrons. The summed E-state index contributed by atoms with van der Waals surface area (Å²) in [6.45, 7) is 5.79. The minimum Gasteiger partial charge on any atom is -0.488 e. The van der Waals surface area contributed by atoms with E-state index in [4.69, 9.17) is 14.2 Å². The van der Waals surface area contributed by atoms with Gasteiger partial charge < -0.3 is 24.2 Å². The molecule has 0 spiro atoms. The van der Waals surface area contributed by atoms with E-state index in [-0.39, 0.29) is 25.2 Å². The molecule has 9 heteroatoms. The lowest BCUT2D eigenvalue weighted by atomic mass is 10.0. The van der Waals surface area contributed by atoms with E-state index < -0.39 is 17.8 Å². The topological polar surface area (TPSA) is 98.2 Å². The minimum absolute atomic E-state index is 0.0630. The Labute approximate surface area is 233 Å². The molecule has 1 amide bonds. The number of benzene rings is 2. The third kappa shape index (κ3) is 7.97. The van der Waals surface area contributed by atoms with E-state index in [0.717, 1.165) is 27.5 Å². The predicted octanol–water partition coefficient (Wildman–Crippen LogP) is 5.68. The molecular weight excluding hydrogens is 516 g/mol. The van der Waals surface area contributed by atoms with Gasteiger partial charge in [0.2, 0.25) is 0 Å². The van der Waals surface area contributed by atoms with Gasteiger partial charge >= 0.3 is 12.1 Å². The first-order valence-corrected chi connectivity index (χ1v) is 13.6.